The molecule has 6 nitrogen and oxygen atoms in total. The Bertz CT molecular complexity index is 764. The lowest BCUT2D eigenvalue weighted by molar-refractivity contribution is -0.150. The van der Waals surface area contributed by atoms with E-state index in [9.17, 15) is 9.59 Å². The Morgan fingerprint density at radius 2 is 0.880 bits per heavy atom. The predicted octanol–water partition coefficient (Wildman–Crippen LogP) is 13.3. The van der Waals surface area contributed by atoms with Crippen molar-refractivity contribution in [2.75, 3.05) is 26.4 Å². The molecule has 0 rings (SSSR count). The first-order chi connectivity index (χ1) is 24.6. The van der Waals surface area contributed by atoms with Crippen LogP contribution in [0.15, 0.2) is 24.3 Å². The van der Waals surface area contributed by atoms with Gasteiger partial charge in [0.05, 0.1) is 6.61 Å². The minimum Gasteiger partial charge on any atom is -0.481 e. The second-order valence-electron chi connectivity index (χ2n) is 14.4. The largest absolute Gasteiger partial charge is 0.481 e. The average Bonchev–Trinajstić information content (AvgIpc) is 3.10. The van der Waals surface area contributed by atoms with Crippen LogP contribution >= 0.6 is 0 Å². The zero-order valence-corrected chi connectivity index (χ0v) is 33.1. The lowest BCUT2D eigenvalue weighted by Gasteiger charge is -2.18. The number of carbonyl (C=O) groups excluding carboxylic acids is 1. The lowest BCUT2D eigenvalue weighted by atomic mass is 10.1. The molecule has 0 bridgehead atoms. The van der Waals surface area contributed by atoms with Crippen molar-refractivity contribution >= 4 is 11.9 Å². The van der Waals surface area contributed by atoms with Gasteiger partial charge in [-0.15, -0.1) is 0 Å². The molecule has 6 heteroatoms. The lowest BCUT2D eigenvalue weighted by Crippen LogP contribution is -2.28. The Labute approximate surface area is 310 Å². The summed E-state index contributed by atoms with van der Waals surface area (Å²) in [5.74, 6) is -1.26. The van der Waals surface area contributed by atoms with E-state index in [-0.39, 0.29) is 31.5 Å². The van der Waals surface area contributed by atoms with Crippen molar-refractivity contribution in [2.45, 2.75) is 219 Å². The topological polar surface area (TPSA) is 82.1 Å². The normalized spacial score (nSPS) is 12.4. The van der Waals surface area contributed by atoms with Crippen molar-refractivity contribution in [1.29, 1.82) is 0 Å². The Kier molecular flexibility index (Phi) is 40.4. The highest BCUT2D eigenvalue weighted by Gasteiger charge is 2.14. The van der Waals surface area contributed by atoms with Gasteiger partial charge in [-0.1, -0.05) is 154 Å². The zero-order chi connectivity index (χ0) is 36.4. The van der Waals surface area contributed by atoms with Gasteiger partial charge >= 0.3 is 11.9 Å². The summed E-state index contributed by atoms with van der Waals surface area (Å²) in [7, 11) is 0. The van der Waals surface area contributed by atoms with E-state index < -0.39 is 5.97 Å². The zero-order valence-electron chi connectivity index (χ0n) is 33.1. The van der Waals surface area contributed by atoms with Gasteiger partial charge in [0.25, 0.3) is 0 Å². The van der Waals surface area contributed by atoms with Crippen LogP contribution in [0.1, 0.15) is 213 Å². The molecule has 0 aliphatic carbocycles. The summed E-state index contributed by atoms with van der Waals surface area (Å²) in [5, 5.41) is 8.81. The molecule has 0 spiro atoms. The SMILES string of the molecule is CCCCCCCC/C=C\CCCCCCCCOCC(COC(=O)CCCC(=O)O)OCCCCCCCC/C=C\CCCCCCCC. The molecule has 294 valence electrons. The van der Waals surface area contributed by atoms with Gasteiger partial charge in [0, 0.05) is 26.1 Å². The first-order valence-electron chi connectivity index (χ1n) is 21.5. The van der Waals surface area contributed by atoms with E-state index in [1.54, 1.807) is 0 Å². The fourth-order valence-corrected chi connectivity index (χ4v) is 6.05. The van der Waals surface area contributed by atoms with Crippen molar-refractivity contribution in [1.82, 2.24) is 0 Å². The van der Waals surface area contributed by atoms with E-state index in [1.807, 2.05) is 0 Å². The van der Waals surface area contributed by atoms with Crippen molar-refractivity contribution in [3.63, 3.8) is 0 Å². The standard InChI is InChI=1S/C44H82O6/c1-3-5-7-9-11-13-15-17-19-21-23-25-27-29-31-33-38-48-40-42(41-50-44(47)37-35-36-43(45)46)49-39-34-32-30-28-26-24-22-20-18-16-14-12-10-8-6-4-2/h17-20,42H,3-16,21-41H2,1-2H3,(H,45,46)/b19-17-,20-18-. The molecular weight excluding hydrogens is 624 g/mol. The van der Waals surface area contributed by atoms with Gasteiger partial charge in [-0.25, -0.2) is 0 Å². The molecule has 50 heavy (non-hydrogen) atoms. The molecule has 0 saturated heterocycles. The molecule has 0 saturated carbocycles. The second-order valence-corrected chi connectivity index (χ2v) is 14.4. The molecule has 0 aromatic heterocycles. The highest BCUT2D eigenvalue weighted by atomic mass is 16.6. The van der Waals surface area contributed by atoms with Crippen molar-refractivity contribution < 1.29 is 28.9 Å². The summed E-state index contributed by atoms with van der Waals surface area (Å²) in [6.45, 7) is 6.45. The summed E-state index contributed by atoms with van der Waals surface area (Å²) in [6, 6.07) is 0. The molecule has 0 aliphatic rings. The summed E-state index contributed by atoms with van der Waals surface area (Å²) in [5.41, 5.74) is 0. The van der Waals surface area contributed by atoms with Gasteiger partial charge in [-0.05, 0) is 70.6 Å². The molecule has 0 aliphatic heterocycles. The first kappa shape index (κ1) is 48.3. The molecule has 0 fully saturated rings. The van der Waals surface area contributed by atoms with E-state index >= 15 is 0 Å². The average molecular weight is 707 g/mol. The quantitative estimate of drug-likeness (QED) is 0.0387. The van der Waals surface area contributed by atoms with Gasteiger partial charge < -0.3 is 19.3 Å². The molecule has 1 unspecified atom stereocenters. The summed E-state index contributed by atoms with van der Waals surface area (Å²) < 4.78 is 17.4. The maximum absolute atomic E-state index is 12.1. The third-order valence-corrected chi connectivity index (χ3v) is 9.32. The van der Waals surface area contributed by atoms with Gasteiger partial charge in [0.2, 0.25) is 0 Å². The van der Waals surface area contributed by atoms with E-state index in [1.165, 1.54) is 161 Å². The number of unbranched alkanes of at least 4 members (excludes halogenated alkanes) is 24. The molecule has 1 N–H and O–H groups in total. The van der Waals surface area contributed by atoms with E-state index in [4.69, 9.17) is 19.3 Å². The maximum atomic E-state index is 12.1. The molecule has 0 aromatic carbocycles. The van der Waals surface area contributed by atoms with Crippen LogP contribution in [0.4, 0.5) is 0 Å². The number of allylic oxidation sites excluding steroid dienone is 4. The summed E-state index contributed by atoms with van der Waals surface area (Å²) in [6.07, 6.45) is 45.4. The molecule has 0 heterocycles. The fourth-order valence-electron chi connectivity index (χ4n) is 6.05. The van der Waals surface area contributed by atoms with E-state index in [0.717, 1.165) is 19.3 Å². The Morgan fingerprint density at radius 3 is 1.32 bits per heavy atom. The number of ether oxygens (including phenoxy) is 3. The second kappa shape index (κ2) is 41.8. The minimum atomic E-state index is -0.894. The Balaban J connectivity index is 3.95. The number of hydrogen-bond acceptors (Lipinski definition) is 5. The Morgan fingerprint density at radius 1 is 0.480 bits per heavy atom. The van der Waals surface area contributed by atoms with Gasteiger partial charge in [-0.2, -0.15) is 0 Å². The van der Waals surface area contributed by atoms with Gasteiger partial charge in [0.1, 0.15) is 12.7 Å². The van der Waals surface area contributed by atoms with Crippen LogP contribution in [-0.2, 0) is 23.8 Å². The molecule has 0 aromatic rings. The van der Waals surface area contributed by atoms with Crippen molar-refractivity contribution in [3.8, 4) is 0 Å². The number of aliphatic carboxylic acids is 1. The first-order valence-corrected chi connectivity index (χ1v) is 21.5. The minimum absolute atomic E-state index is 0.0234. The number of rotatable bonds is 41. The molecular formula is C44H82O6. The van der Waals surface area contributed by atoms with Crippen LogP contribution in [0.25, 0.3) is 0 Å². The summed E-state index contributed by atoms with van der Waals surface area (Å²) >= 11 is 0. The molecule has 0 radical (unpaired) electrons. The van der Waals surface area contributed by atoms with E-state index in [0.29, 0.717) is 26.2 Å². The van der Waals surface area contributed by atoms with E-state index in [2.05, 4.69) is 38.2 Å². The van der Waals surface area contributed by atoms with Gasteiger partial charge in [0.15, 0.2) is 0 Å². The van der Waals surface area contributed by atoms with Gasteiger partial charge in [-0.3, -0.25) is 9.59 Å². The van der Waals surface area contributed by atoms with Crippen LogP contribution in [0, 0.1) is 0 Å². The number of carboxylic acid groups (broad SMARTS) is 1. The monoisotopic (exact) mass is 707 g/mol. The number of carboxylic acids is 1. The highest BCUT2D eigenvalue weighted by molar-refractivity contribution is 5.71. The third-order valence-electron chi connectivity index (χ3n) is 9.32. The van der Waals surface area contributed by atoms with Crippen LogP contribution in [0.5, 0.6) is 0 Å². The van der Waals surface area contributed by atoms with Crippen molar-refractivity contribution in [2.24, 2.45) is 0 Å². The highest BCUT2D eigenvalue weighted by Crippen LogP contribution is 2.12. The molecule has 1 atom stereocenters. The molecule has 0 amide bonds. The van der Waals surface area contributed by atoms with Crippen LogP contribution < -0.4 is 0 Å². The number of carbonyl (C=O) groups is 2. The van der Waals surface area contributed by atoms with Crippen LogP contribution in [0.3, 0.4) is 0 Å². The number of esters is 1. The fraction of sp³-hybridized carbons (Fsp3) is 0.864. The summed E-state index contributed by atoms with van der Waals surface area (Å²) in [4.78, 5) is 22.8. The van der Waals surface area contributed by atoms with Crippen molar-refractivity contribution in [3.05, 3.63) is 24.3 Å². The van der Waals surface area contributed by atoms with Crippen LogP contribution in [-0.4, -0.2) is 49.6 Å². The Hall–Kier alpha value is -1.66. The smallest absolute Gasteiger partial charge is 0.305 e. The third kappa shape index (κ3) is 40.8. The predicted molar refractivity (Wildman–Crippen MR) is 212 cm³/mol. The number of hydrogen-bond donors (Lipinski definition) is 1. The maximum Gasteiger partial charge on any atom is 0.305 e. The van der Waals surface area contributed by atoms with Crippen LogP contribution in [0.2, 0.25) is 0 Å².